The van der Waals surface area contributed by atoms with Gasteiger partial charge in [-0.2, -0.15) is 0 Å². The van der Waals surface area contributed by atoms with E-state index in [0.717, 1.165) is 55.8 Å². The molecule has 1 aliphatic rings. The van der Waals surface area contributed by atoms with Crippen molar-refractivity contribution in [2.75, 3.05) is 4.90 Å². The average molecular weight is 861 g/mol. The second kappa shape index (κ2) is 16.4. The van der Waals surface area contributed by atoms with Crippen molar-refractivity contribution in [3.63, 3.8) is 0 Å². The van der Waals surface area contributed by atoms with Crippen LogP contribution in [-0.2, 0) is 0 Å². The Hall–Kier alpha value is -8.14. The summed E-state index contributed by atoms with van der Waals surface area (Å²) in [7, 11) is 0. The van der Waals surface area contributed by atoms with Crippen molar-refractivity contribution in [3.05, 3.63) is 230 Å². The molecule has 0 spiro atoms. The first-order chi connectivity index (χ1) is 33.2. The molecule has 320 valence electrons. The molecule has 0 aliphatic heterocycles. The van der Waals surface area contributed by atoms with E-state index in [1.165, 1.54) is 92.5 Å². The molecule has 2 aromatic heterocycles. The summed E-state index contributed by atoms with van der Waals surface area (Å²) in [6.45, 7) is 0. The normalized spacial score (nSPS) is 13.3. The molecule has 1 fully saturated rings. The van der Waals surface area contributed by atoms with Gasteiger partial charge in [-0.05, 0) is 124 Å². The third-order valence-corrected chi connectivity index (χ3v) is 14.4. The van der Waals surface area contributed by atoms with Gasteiger partial charge in [0, 0.05) is 49.7 Å². The summed E-state index contributed by atoms with van der Waals surface area (Å²) in [4.78, 5) is 2.46. The highest BCUT2D eigenvalue weighted by Gasteiger charge is 2.24. The smallest absolute Gasteiger partial charge is 0.136 e. The third kappa shape index (κ3) is 6.72. The molecule has 0 bridgehead atoms. The van der Waals surface area contributed by atoms with Crippen LogP contribution in [0.1, 0.15) is 43.6 Å². The molecule has 2 heterocycles. The van der Waals surface area contributed by atoms with E-state index in [2.05, 4.69) is 222 Å². The van der Waals surface area contributed by atoms with Crippen LogP contribution in [0.5, 0.6) is 0 Å². The number of para-hydroxylation sites is 5. The minimum atomic E-state index is 0.570. The average Bonchev–Trinajstić information content (AvgIpc) is 3.95. The number of furan rings is 1. The van der Waals surface area contributed by atoms with Gasteiger partial charge in [0.1, 0.15) is 11.2 Å². The summed E-state index contributed by atoms with van der Waals surface area (Å²) in [6.07, 6.45) is 6.43. The second-order valence-corrected chi connectivity index (χ2v) is 18.2. The van der Waals surface area contributed by atoms with E-state index in [9.17, 15) is 0 Å². The number of benzene rings is 10. The highest BCUT2D eigenvalue weighted by molar-refractivity contribution is 6.14. The molecule has 0 unspecified atom stereocenters. The first kappa shape index (κ1) is 39.2. The maximum atomic E-state index is 6.40. The summed E-state index contributed by atoms with van der Waals surface area (Å²) in [5, 5.41) is 7.46. The molecule has 1 saturated carbocycles. The molecule has 3 heteroatoms. The monoisotopic (exact) mass is 860 g/mol. The Morgan fingerprint density at radius 2 is 1.07 bits per heavy atom. The number of aromatic nitrogens is 1. The highest BCUT2D eigenvalue weighted by atomic mass is 16.3. The van der Waals surface area contributed by atoms with Gasteiger partial charge < -0.3 is 13.9 Å². The van der Waals surface area contributed by atoms with Crippen LogP contribution in [0.2, 0.25) is 0 Å². The van der Waals surface area contributed by atoms with E-state index in [1.54, 1.807) is 0 Å². The molecule has 12 aromatic rings. The van der Waals surface area contributed by atoms with E-state index in [1.807, 2.05) is 12.1 Å². The van der Waals surface area contributed by atoms with Crippen molar-refractivity contribution in [1.82, 2.24) is 4.57 Å². The fourth-order valence-corrected chi connectivity index (χ4v) is 11.3. The predicted octanol–water partition coefficient (Wildman–Crippen LogP) is 18.4. The van der Waals surface area contributed by atoms with E-state index in [0.29, 0.717) is 5.92 Å². The molecule has 13 rings (SSSR count). The van der Waals surface area contributed by atoms with Crippen LogP contribution >= 0.6 is 0 Å². The zero-order valence-electron chi connectivity index (χ0n) is 37.3. The standard InChI is InChI=1S/C64H48N2O/c1-3-17-43(18-4-1)51-28-14-19-45-20-15-30-57(63(45)51)53-25-7-10-32-59(53)65(50-24-13-21-46(41-50)47-37-40-56-55-27-9-12-34-61(55)67-62(56)42-47)49-38-35-44(36-39-49)52-29-16-31-58-54-26-8-11-33-60(54)66(64(52)58)48-22-5-2-6-23-48/h2,5-16,19-43H,1,3-4,17-18H2. The van der Waals surface area contributed by atoms with Gasteiger partial charge in [-0.15, -0.1) is 0 Å². The van der Waals surface area contributed by atoms with Crippen molar-refractivity contribution in [1.29, 1.82) is 0 Å². The highest BCUT2D eigenvalue weighted by Crippen LogP contribution is 2.47. The van der Waals surface area contributed by atoms with Crippen molar-refractivity contribution in [2.45, 2.75) is 38.0 Å². The molecule has 0 radical (unpaired) electrons. The quantitative estimate of drug-likeness (QED) is 0.152. The zero-order valence-corrected chi connectivity index (χ0v) is 37.3. The van der Waals surface area contributed by atoms with Crippen LogP contribution in [-0.4, -0.2) is 4.57 Å². The van der Waals surface area contributed by atoms with Gasteiger partial charge in [-0.1, -0.05) is 177 Å². The minimum Gasteiger partial charge on any atom is -0.456 e. The van der Waals surface area contributed by atoms with Gasteiger partial charge in [-0.25, -0.2) is 0 Å². The van der Waals surface area contributed by atoms with Gasteiger partial charge in [-0.3, -0.25) is 0 Å². The number of fused-ring (bicyclic) bond motifs is 7. The number of hydrogen-bond acceptors (Lipinski definition) is 2. The van der Waals surface area contributed by atoms with Gasteiger partial charge >= 0.3 is 0 Å². The number of rotatable bonds is 8. The van der Waals surface area contributed by atoms with Crippen LogP contribution in [0.3, 0.4) is 0 Å². The first-order valence-corrected chi connectivity index (χ1v) is 23.9. The molecular formula is C64H48N2O. The van der Waals surface area contributed by atoms with Crippen LogP contribution in [0.4, 0.5) is 17.1 Å². The topological polar surface area (TPSA) is 21.3 Å². The van der Waals surface area contributed by atoms with E-state index < -0.39 is 0 Å². The molecular weight excluding hydrogens is 813 g/mol. The first-order valence-electron chi connectivity index (χ1n) is 23.9. The SMILES string of the molecule is c1ccc(-n2c3ccccc3c3cccc(-c4ccc(N(c5cccc(-c6ccc7c(c6)oc6ccccc67)c5)c5ccccc5-c5cccc6cccc(C7CCCCC7)c56)cc4)c32)cc1. The van der Waals surface area contributed by atoms with Gasteiger partial charge in [0.15, 0.2) is 0 Å². The minimum absolute atomic E-state index is 0.570. The third-order valence-electron chi connectivity index (χ3n) is 14.4. The van der Waals surface area contributed by atoms with Crippen LogP contribution in [0.25, 0.3) is 93.6 Å². The molecule has 0 N–H and O–H groups in total. The summed E-state index contributed by atoms with van der Waals surface area (Å²) >= 11 is 0. The van der Waals surface area contributed by atoms with Crippen molar-refractivity contribution in [3.8, 4) is 39.1 Å². The Balaban J connectivity index is 0.993. The summed E-state index contributed by atoms with van der Waals surface area (Å²) in [5.41, 5.74) is 17.3. The van der Waals surface area contributed by atoms with Crippen LogP contribution in [0, 0.1) is 0 Å². The number of nitrogens with zero attached hydrogens (tertiary/aromatic N) is 2. The fourth-order valence-electron chi connectivity index (χ4n) is 11.3. The summed E-state index contributed by atoms with van der Waals surface area (Å²) < 4.78 is 8.82. The maximum Gasteiger partial charge on any atom is 0.136 e. The van der Waals surface area contributed by atoms with Gasteiger partial charge in [0.25, 0.3) is 0 Å². The zero-order chi connectivity index (χ0) is 44.3. The Bertz CT molecular complexity index is 3790. The Kier molecular flexibility index (Phi) is 9.60. The Labute approximate surface area is 390 Å². The van der Waals surface area contributed by atoms with Crippen molar-refractivity contribution < 1.29 is 4.42 Å². The predicted molar refractivity (Wildman–Crippen MR) is 282 cm³/mol. The summed E-state index contributed by atoms with van der Waals surface area (Å²) in [6, 6.07) is 82.3. The largest absolute Gasteiger partial charge is 0.456 e. The molecule has 0 atom stereocenters. The summed E-state index contributed by atoms with van der Waals surface area (Å²) in [5.74, 6) is 0.570. The lowest BCUT2D eigenvalue weighted by atomic mass is 9.80. The fraction of sp³-hybridized carbons (Fsp3) is 0.0938. The Morgan fingerprint density at radius 1 is 0.418 bits per heavy atom. The second-order valence-electron chi connectivity index (χ2n) is 18.2. The molecule has 0 amide bonds. The maximum absolute atomic E-state index is 6.40. The lowest BCUT2D eigenvalue weighted by Gasteiger charge is -2.29. The van der Waals surface area contributed by atoms with E-state index in [4.69, 9.17) is 4.42 Å². The van der Waals surface area contributed by atoms with Crippen molar-refractivity contribution >= 4 is 71.6 Å². The number of hydrogen-bond donors (Lipinski definition) is 0. The number of anilines is 3. The van der Waals surface area contributed by atoms with Crippen molar-refractivity contribution in [2.24, 2.45) is 0 Å². The molecule has 10 aromatic carbocycles. The molecule has 0 saturated heterocycles. The van der Waals surface area contributed by atoms with E-state index >= 15 is 0 Å². The molecule has 67 heavy (non-hydrogen) atoms. The Morgan fingerprint density at radius 3 is 1.96 bits per heavy atom. The molecule has 3 nitrogen and oxygen atoms in total. The van der Waals surface area contributed by atoms with Gasteiger partial charge in [0.05, 0.1) is 16.7 Å². The van der Waals surface area contributed by atoms with Gasteiger partial charge in [0.2, 0.25) is 0 Å². The van der Waals surface area contributed by atoms with E-state index in [-0.39, 0.29) is 0 Å². The lowest BCUT2D eigenvalue weighted by Crippen LogP contribution is -2.11. The van der Waals surface area contributed by atoms with Crippen LogP contribution in [0.15, 0.2) is 229 Å². The lowest BCUT2D eigenvalue weighted by molar-refractivity contribution is 0.445. The molecule has 1 aliphatic carbocycles. The van der Waals surface area contributed by atoms with Crippen LogP contribution < -0.4 is 4.90 Å².